The van der Waals surface area contributed by atoms with E-state index in [2.05, 4.69) is 0 Å². The summed E-state index contributed by atoms with van der Waals surface area (Å²) in [5, 5.41) is 0. The van der Waals surface area contributed by atoms with E-state index >= 15 is 0 Å². The SMILES string of the molecule is O=C(OCCS(=O)(=O)O)C1CCCCC1.[H-].[Na+]. The van der Waals surface area contributed by atoms with Gasteiger partial charge < -0.3 is 6.16 Å². The first-order chi connectivity index (χ1) is 6.99. The van der Waals surface area contributed by atoms with Crippen LogP contribution in [0.15, 0.2) is 0 Å². The van der Waals surface area contributed by atoms with Crippen LogP contribution in [0.1, 0.15) is 33.5 Å². The van der Waals surface area contributed by atoms with Gasteiger partial charge in [-0.25, -0.2) is 0 Å². The minimum absolute atomic E-state index is 0. The Bertz CT molecular complexity index is 313. The van der Waals surface area contributed by atoms with E-state index in [4.69, 9.17) is 9.29 Å². The van der Waals surface area contributed by atoms with Crippen molar-refractivity contribution in [3.63, 3.8) is 0 Å². The third-order valence-corrected chi connectivity index (χ3v) is 3.21. The average molecular weight is 260 g/mol. The second-order valence-electron chi connectivity index (χ2n) is 3.79. The summed E-state index contributed by atoms with van der Waals surface area (Å²) < 4.78 is 33.9. The molecule has 16 heavy (non-hydrogen) atoms. The molecule has 0 unspecified atom stereocenters. The Morgan fingerprint density at radius 1 is 1.31 bits per heavy atom. The number of carbonyl (C=O) groups excluding carboxylic acids is 1. The molecule has 0 radical (unpaired) electrons. The van der Waals surface area contributed by atoms with Crippen LogP contribution in [0.5, 0.6) is 0 Å². The molecule has 7 heteroatoms. The minimum Gasteiger partial charge on any atom is -1.00 e. The number of ether oxygens (including phenoxy) is 1. The van der Waals surface area contributed by atoms with Gasteiger partial charge >= 0.3 is 35.5 Å². The van der Waals surface area contributed by atoms with Crippen LogP contribution in [0, 0.1) is 5.92 Å². The van der Waals surface area contributed by atoms with Crippen LogP contribution in [0.2, 0.25) is 0 Å². The van der Waals surface area contributed by atoms with Crippen LogP contribution in [0.4, 0.5) is 0 Å². The Labute approximate surface area is 119 Å². The van der Waals surface area contributed by atoms with Gasteiger partial charge in [0.1, 0.15) is 12.4 Å². The second kappa shape index (κ2) is 7.66. The fourth-order valence-electron chi connectivity index (χ4n) is 1.70. The molecule has 0 aromatic heterocycles. The second-order valence-corrected chi connectivity index (χ2v) is 5.36. The fourth-order valence-corrected chi connectivity index (χ4v) is 2.00. The summed E-state index contributed by atoms with van der Waals surface area (Å²) in [5.41, 5.74) is 0. The molecule has 0 aliphatic heterocycles. The number of carbonyl (C=O) groups is 1. The number of hydrogen-bond donors (Lipinski definition) is 1. The Balaban J connectivity index is 0. The van der Waals surface area contributed by atoms with Gasteiger partial charge in [0.2, 0.25) is 0 Å². The van der Waals surface area contributed by atoms with E-state index in [1.165, 1.54) is 0 Å². The smallest absolute Gasteiger partial charge is 1.00 e. The zero-order valence-electron chi connectivity index (χ0n) is 10.5. The van der Waals surface area contributed by atoms with E-state index in [-0.39, 0.29) is 49.5 Å². The predicted octanol–water partition coefficient (Wildman–Crippen LogP) is -1.89. The topological polar surface area (TPSA) is 80.7 Å². The average Bonchev–Trinajstić information content (AvgIpc) is 2.17. The van der Waals surface area contributed by atoms with Gasteiger partial charge in [-0.1, -0.05) is 19.3 Å². The molecule has 0 amide bonds. The molecule has 5 nitrogen and oxygen atoms in total. The van der Waals surface area contributed by atoms with Crippen LogP contribution in [0.3, 0.4) is 0 Å². The van der Waals surface area contributed by atoms with Gasteiger partial charge in [0.15, 0.2) is 0 Å². The first kappa shape index (κ1) is 16.4. The summed E-state index contributed by atoms with van der Waals surface area (Å²) in [5.74, 6) is -0.940. The molecule has 0 spiro atoms. The van der Waals surface area contributed by atoms with Gasteiger partial charge in [0.25, 0.3) is 10.1 Å². The summed E-state index contributed by atoms with van der Waals surface area (Å²) >= 11 is 0. The van der Waals surface area contributed by atoms with E-state index in [0.717, 1.165) is 32.1 Å². The van der Waals surface area contributed by atoms with Crippen molar-refractivity contribution in [2.45, 2.75) is 32.1 Å². The van der Waals surface area contributed by atoms with Crippen LogP contribution >= 0.6 is 0 Å². The molecule has 0 aromatic rings. The van der Waals surface area contributed by atoms with Gasteiger partial charge in [-0.2, -0.15) is 8.42 Å². The van der Waals surface area contributed by atoms with E-state index in [0.29, 0.717) is 0 Å². The monoisotopic (exact) mass is 260 g/mol. The van der Waals surface area contributed by atoms with E-state index < -0.39 is 15.9 Å². The molecule has 0 saturated heterocycles. The molecule has 1 aliphatic rings. The molecule has 1 fully saturated rings. The summed E-state index contributed by atoms with van der Waals surface area (Å²) in [7, 11) is -4.03. The van der Waals surface area contributed by atoms with Crippen molar-refractivity contribution in [3.05, 3.63) is 0 Å². The molecule has 0 aromatic carbocycles. The third kappa shape index (κ3) is 6.85. The maximum atomic E-state index is 11.4. The molecule has 1 rings (SSSR count). The quantitative estimate of drug-likeness (QED) is 0.363. The van der Waals surface area contributed by atoms with Crippen molar-refractivity contribution in [2.24, 2.45) is 5.92 Å². The number of rotatable bonds is 4. The Hall–Kier alpha value is 0.380. The summed E-state index contributed by atoms with van der Waals surface area (Å²) in [6, 6.07) is 0. The van der Waals surface area contributed by atoms with Crippen molar-refractivity contribution in [1.29, 1.82) is 0 Å². The van der Waals surface area contributed by atoms with Gasteiger partial charge in [-0.3, -0.25) is 9.35 Å². The number of esters is 1. The van der Waals surface area contributed by atoms with Crippen molar-refractivity contribution in [2.75, 3.05) is 12.4 Å². The minimum atomic E-state index is -4.03. The molecule has 1 N–H and O–H groups in total. The maximum absolute atomic E-state index is 11.4. The van der Waals surface area contributed by atoms with Crippen LogP contribution < -0.4 is 29.6 Å². The van der Waals surface area contributed by atoms with E-state index in [1.54, 1.807) is 0 Å². The normalized spacial score (nSPS) is 17.6. The Morgan fingerprint density at radius 2 is 1.88 bits per heavy atom. The molecule has 90 valence electrons. The largest absolute Gasteiger partial charge is 1.00 e. The zero-order chi connectivity index (χ0) is 11.3. The molecule has 0 bridgehead atoms. The molecule has 1 saturated carbocycles. The zero-order valence-corrected chi connectivity index (χ0v) is 12.3. The van der Waals surface area contributed by atoms with Crippen molar-refractivity contribution in [3.8, 4) is 0 Å². The first-order valence-corrected chi connectivity index (χ1v) is 6.72. The van der Waals surface area contributed by atoms with Crippen LogP contribution in [-0.4, -0.2) is 31.3 Å². The van der Waals surface area contributed by atoms with Crippen molar-refractivity contribution >= 4 is 16.1 Å². The summed E-state index contributed by atoms with van der Waals surface area (Å²) in [6.45, 7) is -0.256. The summed E-state index contributed by atoms with van der Waals surface area (Å²) in [6.07, 6.45) is 4.85. The third-order valence-electron chi connectivity index (χ3n) is 2.52. The summed E-state index contributed by atoms with van der Waals surface area (Å²) in [4.78, 5) is 11.4. The van der Waals surface area contributed by atoms with Gasteiger partial charge in [0.05, 0.1) is 5.92 Å². The van der Waals surface area contributed by atoms with Gasteiger partial charge in [-0.15, -0.1) is 0 Å². The first-order valence-electron chi connectivity index (χ1n) is 5.11. The van der Waals surface area contributed by atoms with Gasteiger partial charge in [-0.05, 0) is 12.8 Å². The molecular weight excluding hydrogens is 243 g/mol. The van der Waals surface area contributed by atoms with E-state index in [1.807, 2.05) is 0 Å². The predicted molar refractivity (Wildman–Crippen MR) is 55.1 cm³/mol. The van der Waals surface area contributed by atoms with Crippen LogP contribution in [-0.2, 0) is 19.6 Å². The molecule has 0 atom stereocenters. The van der Waals surface area contributed by atoms with E-state index in [9.17, 15) is 13.2 Å². The number of hydrogen-bond acceptors (Lipinski definition) is 4. The molecular formula is C9H17NaO5S. The fraction of sp³-hybridized carbons (Fsp3) is 0.889. The molecule has 0 heterocycles. The van der Waals surface area contributed by atoms with Crippen LogP contribution in [0.25, 0.3) is 0 Å². The molecule has 1 aliphatic carbocycles. The Kier molecular flexibility index (Phi) is 7.84. The van der Waals surface area contributed by atoms with Crippen molar-refractivity contribution in [1.82, 2.24) is 0 Å². The standard InChI is InChI=1S/C9H16O5S.Na.H/c10-9(8-4-2-1-3-5-8)14-6-7-15(11,12)13;;/h8H,1-7H2,(H,11,12,13);;/q;+1;-1. The van der Waals surface area contributed by atoms with Gasteiger partial charge in [0, 0.05) is 0 Å². The Morgan fingerprint density at radius 3 is 2.38 bits per heavy atom. The van der Waals surface area contributed by atoms with Crippen molar-refractivity contribution < 1.29 is 53.5 Å². The maximum Gasteiger partial charge on any atom is 1.00 e.